The summed E-state index contributed by atoms with van der Waals surface area (Å²) < 4.78 is 33.9. The average molecular weight is 573 g/mol. The molecule has 4 aromatic rings. The number of aromatic nitrogens is 3. The van der Waals surface area contributed by atoms with Gasteiger partial charge in [-0.15, -0.1) is 11.8 Å². The normalized spacial score (nSPS) is 11.6. The number of benzene rings is 2. The second-order valence-electron chi connectivity index (χ2n) is 8.87. The van der Waals surface area contributed by atoms with Gasteiger partial charge in [-0.05, 0) is 30.7 Å². The van der Waals surface area contributed by atoms with Crippen molar-refractivity contribution in [3.63, 3.8) is 0 Å². The Kier molecular flexibility index (Phi) is 8.14. The third-order valence-electron chi connectivity index (χ3n) is 5.52. The molecule has 12 heteroatoms. The number of hydrogen-bond donors (Lipinski definition) is 2. The van der Waals surface area contributed by atoms with Gasteiger partial charge in [0.2, 0.25) is 15.2 Å². The van der Waals surface area contributed by atoms with Gasteiger partial charge in [-0.2, -0.15) is 9.78 Å². The molecule has 2 N–H and O–H groups in total. The largest absolute Gasteiger partial charge is 0.497 e. The number of carbonyl (C=O) groups is 1. The number of ether oxygens (including phenoxy) is 1. The minimum absolute atomic E-state index is 0.0105. The number of aryl methyl sites for hydroxylation is 1. The SMILES string of the molecule is COc1cccc(-c2nc(-n3nc(C)c(Cc4ccccc4NS(C)(=O)=O)c3C(=O)O)sc2SC(C)C)c1. The summed E-state index contributed by atoms with van der Waals surface area (Å²) in [6.07, 6.45) is 1.25. The topological polar surface area (TPSA) is 123 Å². The lowest BCUT2D eigenvalue weighted by Gasteiger charge is -2.11. The number of thioether (sulfide) groups is 1. The summed E-state index contributed by atoms with van der Waals surface area (Å²) in [7, 11) is -1.91. The van der Waals surface area contributed by atoms with Gasteiger partial charge >= 0.3 is 5.97 Å². The standard InChI is InChI=1S/C26H28N4O5S3/c1-15(2)36-25-22(18-10-8-11-19(13-18)35-4)27-26(37-25)30-23(24(31)32)20(16(3)28-30)14-17-9-6-7-12-21(17)29-38(5,33)34/h6-13,15,29H,14H2,1-5H3,(H,31,32). The Morgan fingerprint density at radius 2 is 1.95 bits per heavy atom. The van der Waals surface area contributed by atoms with E-state index in [1.165, 1.54) is 16.0 Å². The molecule has 4 rings (SSSR count). The molecule has 0 fully saturated rings. The number of para-hydroxylation sites is 1. The number of sulfonamides is 1. The molecule has 0 amide bonds. The number of rotatable bonds is 10. The molecule has 0 aliphatic rings. The van der Waals surface area contributed by atoms with Gasteiger partial charge in [-0.1, -0.05) is 55.5 Å². The predicted octanol–water partition coefficient (Wildman–Crippen LogP) is 5.47. The quantitative estimate of drug-likeness (QED) is 0.240. The van der Waals surface area contributed by atoms with E-state index in [4.69, 9.17) is 9.72 Å². The molecular formula is C26H28N4O5S3. The van der Waals surface area contributed by atoms with E-state index in [0.717, 1.165) is 21.7 Å². The Hall–Kier alpha value is -3.35. The number of carboxylic acids is 1. The van der Waals surface area contributed by atoms with E-state index in [9.17, 15) is 18.3 Å². The van der Waals surface area contributed by atoms with Gasteiger partial charge < -0.3 is 9.84 Å². The molecule has 0 bridgehead atoms. The van der Waals surface area contributed by atoms with Gasteiger partial charge in [0.15, 0.2) is 5.69 Å². The summed E-state index contributed by atoms with van der Waals surface area (Å²) in [6, 6.07) is 14.5. The summed E-state index contributed by atoms with van der Waals surface area (Å²) in [5.41, 5.74) is 3.61. The molecule has 0 saturated carbocycles. The molecule has 0 radical (unpaired) electrons. The molecule has 9 nitrogen and oxygen atoms in total. The van der Waals surface area contributed by atoms with Crippen molar-refractivity contribution in [3.05, 3.63) is 71.0 Å². The predicted molar refractivity (Wildman–Crippen MR) is 152 cm³/mol. The first-order chi connectivity index (χ1) is 18.0. The summed E-state index contributed by atoms with van der Waals surface area (Å²) in [5, 5.41) is 15.5. The zero-order valence-corrected chi connectivity index (χ0v) is 24.0. The number of nitrogens with one attached hydrogen (secondary N) is 1. The Labute approximate surface area is 229 Å². The number of nitrogens with zero attached hydrogens (tertiary/aromatic N) is 3. The van der Waals surface area contributed by atoms with E-state index >= 15 is 0 Å². The number of aromatic carboxylic acids is 1. The lowest BCUT2D eigenvalue weighted by atomic mass is 10.0. The van der Waals surface area contributed by atoms with Crippen molar-refractivity contribution < 1.29 is 23.1 Å². The monoisotopic (exact) mass is 572 g/mol. The van der Waals surface area contributed by atoms with Gasteiger partial charge in [-0.3, -0.25) is 4.72 Å². The van der Waals surface area contributed by atoms with Crippen LogP contribution < -0.4 is 9.46 Å². The first kappa shape index (κ1) is 27.7. The molecule has 2 heterocycles. The van der Waals surface area contributed by atoms with Crippen LogP contribution in [0.1, 0.15) is 41.2 Å². The maximum atomic E-state index is 12.5. The highest BCUT2D eigenvalue weighted by Gasteiger charge is 2.26. The summed E-state index contributed by atoms with van der Waals surface area (Å²) >= 11 is 3.02. The fraction of sp³-hybridized carbons (Fsp3) is 0.269. The maximum absolute atomic E-state index is 12.5. The van der Waals surface area contributed by atoms with E-state index in [1.807, 2.05) is 24.3 Å². The van der Waals surface area contributed by atoms with Crippen LogP contribution in [-0.2, 0) is 16.4 Å². The first-order valence-corrected chi connectivity index (χ1v) is 15.3. The van der Waals surface area contributed by atoms with Crippen LogP contribution in [0.2, 0.25) is 0 Å². The van der Waals surface area contributed by atoms with Crippen LogP contribution in [0.15, 0.2) is 52.7 Å². The number of methoxy groups -OCH3 is 1. The van der Waals surface area contributed by atoms with E-state index < -0.39 is 16.0 Å². The molecule has 200 valence electrons. The minimum atomic E-state index is -3.52. The highest BCUT2D eigenvalue weighted by atomic mass is 32.2. The van der Waals surface area contributed by atoms with Crippen molar-refractivity contribution in [1.29, 1.82) is 0 Å². The number of anilines is 1. The number of carboxylic acid groups (broad SMARTS) is 1. The van der Waals surface area contributed by atoms with Crippen LogP contribution in [0.25, 0.3) is 16.4 Å². The molecule has 0 atom stereocenters. The van der Waals surface area contributed by atoms with Gasteiger partial charge in [-0.25, -0.2) is 18.2 Å². The van der Waals surface area contributed by atoms with Crippen molar-refractivity contribution in [2.45, 2.75) is 36.7 Å². The minimum Gasteiger partial charge on any atom is -0.497 e. The molecular weight excluding hydrogens is 545 g/mol. The second kappa shape index (κ2) is 11.2. The summed E-state index contributed by atoms with van der Waals surface area (Å²) in [4.78, 5) is 17.4. The smallest absolute Gasteiger partial charge is 0.355 e. The van der Waals surface area contributed by atoms with E-state index in [2.05, 4.69) is 23.7 Å². The number of thiazole rings is 1. The Morgan fingerprint density at radius 1 is 1.21 bits per heavy atom. The highest BCUT2D eigenvalue weighted by molar-refractivity contribution is 8.01. The molecule has 0 unspecified atom stereocenters. The molecule has 2 aromatic carbocycles. The van der Waals surface area contributed by atoms with Gasteiger partial charge in [0.05, 0.1) is 34.6 Å². The van der Waals surface area contributed by atoms with Gasteiger partial charge in [0, 0.05) is 22.8 Å². The first-order valence-electron chi connectivity index (χ1n) is 11.7. The van der Waals surface area contributed by atoms with Crippen LogP contribution in [0.5, 0.6) is 5.75 Å². The van der Waals surface area contributed by atoms with Gasteiger partial charge in [0.25, 0.3) is 0 Å². The highest BCUT2D eigenvalue weighted by Crippen LogP contribution is 2.41. The van der Waals surface area contributed by atoms with Crippen molar-refractivity contribution in [3.8, 4) is 22.1 Å². The third-order valence-corrected chi connectivity index (χ3v) is 8.35. The third kappa shape index (κ3) is 6.20. The van der Waals surface area contributed by atoms with Crippen molar-refractivity contribution in [2.75, 3.05) is 18.1 Å². The zero-order chi connectivity index (χ0) is 27.6. The fourth-order valence-corrected chi connectivity index (χ4v) is 7.00. The van der Waals surface area contributed by atoms with Crippen molar-refractivity contribution >= 4 is 44.8 Å². The molecule has 0 aliphatic carbocycles. The van der Waals surface area contributed by atoms with Crippen LogP contribution >= 0.6 is 23.1 Å². The molecule has 38 heavy (non-hydrogen) atoms. The van der Waals surface area contributed by atoms with E-state index in [0.29, 0.717) is 33.4 Å². The number of hydrogen-bond acceptors (Lipinski definition) is 8. The van der Waals surface area contributed by atoms with Crippen LogP contribution in [0, 0.1) is 6.92 Å². The van der Waals surface area contributed by atoms with Crippen LogP contribution in [0.4, 0.5) is 5.69 Å². The van der Waals surface area contributed by atoms with Gasteiger partial charge in [0.1, 0.15) is 5.75 Å². The van der Waals surface area contributed by atoms with Crippen LogP contribution in [-0.4, -0.2) is 52.9 Å². The van der Waals surface area contributed by atoms with E-state index in [1.54, 1.807) is 50.1 Å². The van der Waals surface area contributed by atoms with Crippen molar-refractivity contribution in [2.24, 2.45) is 0 Å². The fourth-order valence-electron chi connectivity index (χ4n) is 3.93. The second-order valence-corrected chi connectivity index (χ2v) is 13.4. The molecule has 2 aromatic heterocycles. The Balaban J connectivity index is 1.83. The lowest BCUT2D eigenvalue weighted by molar-refractivity contribution is 0.0686. The van der Waals surface area contributed by atoms with Crippen LogP contribution in [0.3, 0.4) is 0 Å². The average Bonchev–Trinajstić information content (AvgIpc) is 3.40. The summed E-state index contributed by atoms with van der Waals surface area (Å²) in [6.45, 7) is 5.91. The summed E-state index contributed by atoms with van der Waals surface area (Å²) in [5.74, 6) is -0.451. The molecule has 0 saturated heterocycles. The van der Waals surface area contributed by atoms with E-state index in [-0.39, 0.29) is 17.4 Å². The molecule has 0 aliphatic heterocycles. The Morgan fingerprint density at radius 3 is 2.61 bits per heavy atom. The van der Waals surface area contributed by atoms with Crippen molar-refractivity contribution in [1.82, 2.24) is 14.8 Å². The lowest BCUT2D eigenvalue weighted by Crippen LogP contribution is -2.13. The Bertz CT molecular complexity index is 1590. The zero-order valence-electron chi connectivity index (χ0n) is 21.5. The maximum Gasteiger partial charge on any atom is 0.355 e. The molecule has 0 spiro atoms.